The van der Waals surface area contributed by atoms with E-state index >= 15 is 0 Å². The van der Waals surface area contributed by atoms with Gasteiger partial charge in [0.1, 0.15) is 0 Å². The molecule has 1 aromatic rings. The molecule has 0 amide bonds. The van der Waals surface area contributed by atoms with Crippen LogP contribution < -0.4 is 0 Å². The van der Waals surface area contributed by atoms with Crippen LogP contribution in [0, 0.1) is 25.7 Å². The van der Waals surface area contributed by atoms with Crippen molar-refractivity contribution in [3.8, 4) is 11.8 Å². The highest BCUT2D eigenvalue weighted by Crippen LogP contribution is 2.11. The second-order valence-corrected chi connectivity index (χ2v) is 4.02. The van der Waals surface area contributed by atoms with E-state index in [1.54, 1.807) is 0 Å². The van der Waals surface area contributed by atoms with E-state index in [0.29, 0.717) is 0 Å². The number of rotatable bonds is 3. The Morgan fingerprint density at radius 1 is 1.00 bits per heavy atom. The van der Waals surface area contributed by atoms with Gasteiger partial charge in [-0.25, -0.2) is 0 Å². The first-order chi connectivity index (χ1) is 7.24. The maximum atomic E-state index is 3.22. The molecule has 0 saturated heterocycles. The van der Waals surface area contributed by atoms with Gasteiger partial charge in [0.2, 0.25) is 0 Å². The summed E-state index contributed by atoms with van der Waals surface area (Å²) in [5.74, 6) is 6.40. The third-order valence-corrected chi connectivity index (χ3v) is 2.61. The second kappa shape index (κ2) is 6.30. The lowest BCUT2D eigenvalue weighted by Crippen LogP contribution is -1.87. The van der Waals surface area contributed by atoms with Crippen molar-refractivity contribution in [2.75, 3.05) is 0 Å². The molecule has 0 fully saturated rings. The molecule has 80 valence electrons. The summed E-state index contributed by atoms with van der Waals surface area (Å²) in [4.78, 5) is 0. The Balaban J connectivity index is 2.45. The minimum absolute atomic E-state index is 0.989. The zero-order valence-corrected chi connectivity index (χ0v) is 10.1. The molecular formula is C15H20. The van der Waals surface area contributed by atoms with Gasteiger partial charge >= 0.3 is 0 Å². The summed E-state index contributed by atoms with van der Waals surface area (Å²) in [5.41, 5.74) is 4.16. The van der Waals surface area contributed by atoms with Gasteiger partial charge in [-0.1, -0.05) is 25.1 Å². The molecule has 0 nitrogen and oxygen atoms in total. The van der Waals surface area contributed by atoms with Crippen LogP contribution in [-0.2, 0) is 6.42 Å². The van der Waals surface area contributed by atoms with Crippen LogP contribution in [0.25, 0.3) is 0 Å². The van der Waals surface area contributed by atoms with Crippen LogP contribution in [0.3, 0.4) is 0 Å². The maximum absolute atomic E-state index is 3.22. The quantitative estimate of drug-likeness (QED) is 0.646. The highest BCUT2D eigenvalue weighted by atomic mass is 14.0. The molecule has 0 N–H and O–H groups in total. The molecule has 0 spiro atoms. The molecule has 1 rings (SSSR count). The number of unbranched alkanes of at least 4 members (excludes halogenated alkanes) is 1. The van der Waals surface area contributed by atoms with Gasteiger partial charge in [-0.05, 0) is 43.4 Å². The fraction of sp³-hybridized carbons (Fsp3) is 0.467. The Bertz CT molecular complexity index is 363. The minimum Gasteiger partial charge on any atom is -0.103 e. The Morgan fingerprint density at radius 3 is 2.40 bits per heavy atom. The minimum atomic E-state index is 0.989. The van der Waals surface area contributed by atoms with Gasteiger partial charge in [-0.15, -0.1) is 11.8 Å². The van der Waals surface area contributed by atoms with E-state index in [4.69, 9.17) is 0 Å². The van der Waals surface area contributed by atoms with E-state index in [1.165, 1.54) is 16.7 Å². The lowest BCUT2D eigenvalue weighted by atomic mass is 10.0. The maximum Gasteiger partial charge on any atom is 0.0129 e. The summed E-state index contributed by atoms with van der Waals surface area (Å²) in [6.07, 6.45) is 4.27. The summed E-state index contributed by atoms with van der Waals surface area (Å²) in [5, 5.41) is 0. The Morgan fingerprint density at radius 2 is 1.73 bits per heavy atom. The van der Waals surface area contributed by atoms with Crippen LogP contribution in [0.2, 0.25) is 0 Å². The molecule has 15 heavy (non-hydrogen) atoms. The highest BCUT2D eigenvalue weighted by Gasteiger charge is 1.94. The average molecular weight is 200 g/mol. The monoisotopic (exact) mass is 200 g/mol. The first-order valence-electron chi connectivity index (χ1n) is 5.76. The smallest absolute Gasteiger partial charge is 0.0129 e. The summed E-state index contributed by atoms with van der Waals surface area (Å²) < 4.78 is 0. The van der Waals surface area contributed by atoms with Crippen LogP contribution in [0.15, 0.2) is 18.2 Å². The van der Waals surface area contributed by atoms with Crippen LogP contribution in [0.4, 0.5) is 0 Å². The largest absolute Gasteiger partial charge is 0.103 e. The number of hydrogen-bond donors (Lipinski definition) is 0. The molecule has 0 aliphatic heterocycles. The molecule has 1 aromatic carbocycles. The third kappa shape index (κ3) is 4.21. The van der Waals surface area contributed by atoms with Crippen LogP contribution in [-0.4, -0.2) is 0 Å². The highest BCUT2D eigenvalue weighted by molar-refractivity contribution is 5.30. The Hall–Kier alpha value is -1.22. The molecule has 0 saturated carbocycles. The van der Waals surface area contributed by atoms with E-state index in [9.17, 15) is 0 Å². The van der Waals surface area contributed by atoms with Crippen LogP contribution >= 0.6 is 0 Å². The van der Waals surface area contributed by atoms with Gasteiger partial charge in [0.25, 0.3) is 0 Å². The predicted octanol–water partition coefficient (Wildman–Crippen LogP) is 4.04. The fourth-order valence-electron chi connectivity index (χ4n) is 1.47. The average Bonchev–Trinajstić information content (AvgIpc) is 2.23. The van der Waals surface area contributed by atoms with Gasteiger partial charge in [0.05, 0.1) is 0 Å². The van der Waals surface area contributed by atoms with Crippen molar-refractivity contribution in [2.24, 2.45) is 0 Å². The first kappa shape index (κ1) is 11.9. The molecule has 0 atom stereocenters. The first-order valence-corrected chi connectivity index (χ1v) is 5.76. The molecule has 0 heteroatoms. The summed E-state index contributed by atoms with van der Waals surface area (Å²) in [7, 11) is 0. The standard InChI is InChI=1S/C15H20/c1-4-5-6-7-8-9-15-11-10-13(2)14(3)12-15/h10-12H,4-5,8-9H2,1-3H3. The van der Waals surface area contributed by atoms with Crippen molar-refractivity contribution in [3.63, 3.8) is 0 Å². The molecule has 0 aliphatic carbocycles. The topological polar surface area (TPSA) is 0 Å². The van der Waals surface area contributed by atoms with Crippen molar-refractivity contribution >= 4 is 0 Å². The summed E-state index contributed by atoms with van der Waals surface area (Å²) in [6, 6.07) is 6.69. The van der Waals surface area contributed by atoms with Gasteiger partial charge in [-0.2, -0.15) is 0 Å². The van der Waals surface area contributed by atoms with Crippen molar-refractivity contribution in [2.45, 2.75) is 46.5 Å². The van der Waals surface area contributed by atoms with Gasteiger partial charge < -0.3 is 0 Å². The van der Waals surface area contributed by atoms with E-state index in [-0.39, 0.29) is 0 Å². The molecule has 0 heterocycles. The predicted molar refractivity (Wildman–Crippen MR) is 66.9 cm³/mol. The van der Waals surface area contributed by atoms with Crippen molar-refractivity contribution in [1.82, 2.24) is 0 Å². The zero-order valence-electron chi connectivity index (χ0n) is 10.1. The van der Waals surface area contributed by atoms with E-state index in [2.05, 4.69) is 50.8 Å². The van der Waals surface area contributed by atoms with E-state index in [0.717, 1.165) is 25.7 Å². The van der Waals surface area contributed by atoms with Crippen LogP contribution in [0.1, 0.15) is 42.9 Å². The lowest BCUT2D eigenvalue weighted by Gasteiger charge is -2.02. The summed E-state index contributed by atoms with van der Waals surface area (Å²) >= 11 is 0. The molecule has 0 bridgehead atoms. The van der Waals surface area contributed by atoms with E-state index in [1.807, 2.05) is 0 Å². The summed E-state index contributed by atoms with van der Waals surface area (Å²) in [6.45, 7) is 6.49. The fourth-order valence-corrected chi connectivity index (χ4v) is 1.47. The Labute approximate surface area is 93.7 Å². The lowest BCUT2D eigenvalue weighted by molar-refractivity contribution is 0.973. The number of benzene rings is 1. The van der Waals surface area contributed by atoms with Crippen molar-refractivity contribution < 1.29 is 0 Å². The normalized spacial score (nSPS) is 9.53. The SMILES string of the molecule is CCCC#CCCc1ccc(C)c(C)c1. The molecule has 0 aliphatic rings. The molecule has 0 aromatic heterocycles. The molecule has 0 unspecified atom stereocenters. The molecule has 0 radical (unpaired) electrons. The number of hydrogen-bond acceptors (Lipinski definition) is 0. The van der Waals surface area contributed by atoms with E-state index < -0.39 is 0 Å². The second-order valence-electron chi connectivity index (χ2n) is 4.02. The van der Waals surface area contributed by atoms with Gasteiger partial charge in [-0.3, -0.25) is 0 Å². The van der Waals surface area contributed by atoms with Gasteiger partial charge in [0, 0.05) is 12.8 Å². The van der Waals surface area contributed by atoms with Crippen LogP contribution in [0.5, 0.6) is 0 Å². The number of aryl methyl sites for hydroxylation is 3. The van der Waals surface area contributed by atoms with Crippen molar-refractivity contribution in [3.05, 3.63) is 34.9 Å². The molecular weight excluding hydrogens is 180 g/mol. The van der Waals surface area contributed by atoms with Gasteiger partial charge in [0.15, 0.2) is 0 Å². The zero-order chi connectivity index (χ0) is 11.1. The third-order valence-electron chi connectivity index (χ3n) is 2.61. The Kier molecular flexibility index (Phi) is 4.98. The van der Waals surface area contributed by atoms with Crippen molar-refractivity contribution in [1.29, 1.82) is 0 Å².